The molecule has 2 aromatic carbocycles. The number of carbonyl (C=O) groups is 3. The predicted molar refractivity (Wildman–Crippen MR) is 108 cm³/mol. The fourth-order valence-corrected chi connectivity index (χ4v) is 3.37. The number of benzene rings is 2. The van der Waals surface area contributed by atoms with Crippen LogP contribution in [0, 0.1) is 5.92 Å². The summed E-state index contributed by atoms with van der Waals surface area (Å²) in [5, 5.41) is 0.726. The summed E-state index contributed by atoms with van der Waals surface area (Å²) in [5.41, 5.74) is 5.61. The van der Waals surface area contributed by atoms with E-state index in [0.717, 1.165) is 5.56 Å². The number of amides is 3. The van der Waals surface area contributed by atoms with Gasteiger partial charge in [-0.2, -0.15) is 0 Å². The van der Waals surface area contributed by atoms with E-state index in [0.29, 0.717) is 23.9 Å². The molecule has 1 unspecified atom stereocenters. The molecule has 152 valence electrons. The quantitative estimate of drug-likeness (QED) is 0.682. The highest BCUT2D eigenvalue weighted by Crippen LogP contribution is 2.27. The van der Waals surface area contributed by atoms with E-state index in [9.17, 15) is 14.4 Å². The van der Waals surface area contributed by atoms with E-state index >= 15 is 0 Å². The summed E-state index contributed by atoms with van der Waals surface area (Å²) < 4.78 is 5.30. The third-order valence-electron chi connectivity index (χ3n) is 4.38. The molecule has 7 nitrogen and oxygen atoms in total. The van der Waals surface area contributed by atoms with Gasteiger partial charge in [0.05, 0.1) is 10.9 Å². The molecular formula is C20H19Cl2N3O4. The smallest absolute Gasteiger partial charge is 0.276 e. The molecule has 1 fully saturated rings. The number of halogens is 2. The fraction of sp³-hybridized carbons (Fsp3) is 0.250. The average Bonchev–Trinajstić information content (AvgIpc) is 3.06. The number of hydrazine groups is 1. The maximum Gasteiger partial charge on any atom is 0.276 e. The highest BCUT2D eigenvalue weighted by Gasteiger charge is 2.34. The molecule has 0 radical (unpaired) electrons. The van der Waals surface area contributed by atoms with Crippen LogP contribution in [0.5, 0.6) is 5.75 Å². The molecule has 1 aliphatic heterocycles. The third-order valence-corrected chi connectivity index (χ3v) is 4.91. The van der Waals surface area contributed by atoms with Crippen molar-refractivity contribution in [3.8, 4) is 5.75 Å². The number of ether oxygens (including phenoxy) is 1. The SMILES string of the molecule is O=C(COc1ccc(Cl)cc1Cl)NNC(=O)C1CC(=O)N(Cc2ccccc2)C1. The molecule has 29 heavy (non-hydrogen) atoms. The van der Waals surface area contributed by atoms with Crippen molar-refractivity contribution in [3.05, 3.63) is 64.1 Å². The van der Waals surface area contributed by atoms with Crippen LogP contribution in [0.25, 0.3) is 0 Å². The molecule has 1 saturated heterocycles. The first-order valence-corrected chi connectivity index (χ1v) is 9.66. The van der Waals surface area contributed by atoms with E-state index in [4.69, 9.17) is 27.9 Å². The second-order valence-corrected chi connectivity index (χ2v) is 7.41. The Kier molecular flexibility index (Phi) is 6.95. The molecule has 0 aliphatic carbocycles. The van der Waals surface area contributed by atoms with Crippen LogP contribution in [0.3, 0.4) is 0 Å². The fourth-order valence-electron chi connectivity index (χ4n) is 2.91. The molecule has 0 bridgehead atoms. The van der Waals surface area contributed by atoms with Crippen LogP contribution in [-0.4, -0.2) is 35.8 Å². The van der Waals surface area contributed by atoms with Gasteiger partial charge >= 0.3 is 0 Å². The number of hydrogen-bond acceptors (Lipinski definition) is 4. The molecule has 9 heteroatoms. The predicted octanol–water partition coefficient (Wildman–Crippen LogP) is 2.57. The number of nitrogens with zero attached hydrogens (tertiary/aromatic N) is 1. The van der Waals surface area contributed by atoms with E-state index < -0.39 is 17.7 Å². The van der Waals surface area contributed by atoms with Crippen LogP contribution >= 0.6 is 23.2 Å². The normalized spacial score (nSPS) is 15.9. The first kappa shape index (κ1) is 21.0. The first-order valence-electron chi connectivity index (χ1n) is 8.90. The highest BCUT2D eigenvalue weighted by atomic mass is 35.5. The van der Waals surface area contributed by atoms with Gasteiger partial charge in [-0.1, -0.05) is 53.5 Å². The lowest BCUT2D eigenvalue weighted by atomic mass is 10.1. The van der Waals surface area contributed by atoms with Crippen molar-refractivity contribution in [2.45, 2.75) is 13.0 Å². The number of carbonyl (C=O) groups excluding carboxylic acids is 3. The summed E-state index contributed by atoms with van der Waals surface area (Å²) in [6.07, 6.45) is 0.103. The minimum Gasteiger partial charge on any atom is -0.482 e. The number of rotatable bonds is 6. The molecule has 1 heterocycles. The molecule has 0 saturated carbocycles. The monoisotopic (exact) mass is 435 g/mol. The van der Waals surface area contributed by atoms with Crippen molar-refractivity contribution < 1.29 is 19.1 Å². The Hall–Kier alpha value is -2.77. The van der Waals surface area contributed by atoms with E-state index in [1.54, 1.807) is 17.0 Å². The summed E-state index contributed by atoms with van der Waals surface area (Å²) in [7, 11) is 0. The maximum atomic E-state index is 12.3. The summed E-state index contributed by atoms with van der Waals surface area (Å²) in [6, 6.07) is 14.2. The second kappa shape index (κ2) is 9.62. The van der Waals surface area contributed by atoms with Gasteiger partial charge < -0.3 is 9.64 Å². The zero-order valence-corrected chi connectivity index (χ0v) is 16.9. The van der Waals surface area contributed by atoms with E-state index in [1.165, 1.54) is 6.07 Å². The van der Waals surface area contributed by atoms with Crippen LogP contribution in [0.2, 0.25) is 10.0 Å². The number of hydrogen-bond donors (Lipinski definition) is 2. The van der Waals surface area contributed by atoms with Crippen LogP contribution in [-0.2, 0) is 20.9 Å². The van der Waals surface area contributed by atoms with Gasteiger partial charge in [0.2, 0.25) is 11.8 Å². The van der Waals surface area contributed by atoms with Crippen LogP contribution < -0.4 is 15.6 Å². The van der Waals surface area contributed by atoms with Crippen LogP contribution in [0.1, 0.15) is 12.0 Å². The molecule has 1 atom stereocenters. The van der Waals surface area contributed by atoms with Gasteiger partial charge in [-0.3, -0.25) is 25.2 Å². The van der Waals surface area contributed by atoms with E-state index in [1.807, 2.05) is 30.3 Å². The van der Waals surface area contributed by atoms with Crippen LogP contribution in [0.15, 0.2) is 48.5 Å². The highest BCUT2D eigenvalue weighted by molar-refractivity contribution is 6.35. The molecule has 0 aromatic heterocycles. The third kappa shape index (κ3) is 5.85. The van der Waals surface area contributed by atoms with Crippen molar-refractivity contribution in [2.75, 3.05) is 13.2 Å². The average molecular weight is 436 g/mol. The van der Waals surface area contributed by atoms with Crippen molar-refractivity contribution in [3.63, 3.8) is 0 Å². The molecule has 3 amide bonds. The Morgan fingerprint density at radius 3 is 2.59 bits per heavy atom. The molecule has 0 spiro atoms. The Bertz CT molecular complexity index is 908. The molecule has 3 rings (SSSR count). The lowest BCUT2D eigenvalue weighted by Gasteiger charge is -2.17. The summed E-state index contributed by atoms with van der Waals surface area (Å²) in [4.78, 5) is 38.0. The number of likely N-dealkylation sites (tertiary alicyclic amines) is 1. The summed E-state index contributed by atoms with van der Waals surface area (Å²) >= 11 is 11.8. The Labute approximate surface area is 177 Å². The zero-order valence-electron chi connectivity index (χ0n) is 15.4. The Morgan fingerprint density at radius 1 is 1.10 bits per heavy atom. The van der Waals surface area contributed by atoms with Crippen molar-refractivity contribution >= 4 is 40.9 Å². The molecule has 2 aromatic rings. The number of nitrogens with one attached hydrogen (secondary N) is 2. The molecule has 1 aliphatic rings. The van der Waals surface area contributed by atoms with Crippen molar-refractivity contribution in [2.24, 2.45) is 5.92 Å². The molecular weight excluding hydrogens is 417 g/mol. The van der Waals surface area contributed by atoms with E-state index in [-0.39, 0.29) is 24.0 Å². The van der Waals surface area contributed by atoms with Gasteiger partial charge in [0.1, 0.15) is 5.75 Å². The van der Waals surface area contributed by atoms with Gasteiger partial charge in [-0.05, 0) is 23.8 Å². The van der Waals surface area contributed by atoms with Crippen molar-refractivity contribution in [1.82, 2.24) is 15.8 Å². The van der Waals surface area contributed by atoms with Gasteiger partial charge in [-0.15, -0.1) is 0 Å². The largest absolute Gasteiger partial charge is 0.482 e. The zero-order chi connectivity index (χ0) is 20.8. The van der Waals surface area contributed by atoms with E-state index in [2.05, 4.69) is 10.9 Å². The topological polar surface area (TPSA) is 87.7 Å². The van der Waals surface area contributed by atoms with Crippen molar-refractivity contribution in [1.29, 1.82) is 0 Å². The minimum atomic E-state index is -0.560. The van der Waals surface area contributed by atoms with Gasteiger partial charge in [0, 0.05) is 24.5 Å². The molecule has 2 N–H and O–H groups in total. The summed E-state index contributed by atoms with van der Waals surface area (Å²) in [6.45, 7) is 0.406. The maximum absolute atomic E-state index is 12.3. The van der Waals surface area contributed by atoms with Gasteiger partial charge in [0.25, 0.3) is 5.91 Å². The van der Waals surface area contributed by atoms with Crippen LogP contribution in [0.4, 0.5) is 0 Å². The lowest BCUT2D eigenvalue weighted by Crippen LogP contribution is -2.46. The standard InChI is InChI=1S/C20H19Cl2N3O4/c21-15-6-7-17(16(22)9-15)29-12-18(26)23-24-20(28)14-8-19(27)25(11-14)10-13-4-2-1-3-5-13/h1-7,9,14H,8,10-12H2,(H,23,26)(H,24,28). The Balaban J connectivity index is 1.43. The van der Waals surface area contributed by atoms with Gasteiger partial charge in [-0.25, -0.2) is 0 Å². The van der Waals surface area contributed by atoms with Gasteiger partial charge in [0.15, 0.2) is 6.61 Å². The second-order valence-electron chi connectivity index (χ2n) is 6.56. The Morgan fingerprint density at radius 2 is 1.86 bits per heavy atom. The first-order chi connectivity index (χ1) is 13.9. The minimum absolute atomic E-state index is 0.0963. The summed E-state index contributed by atoms with van der Waals surface area (Å²) in [5.74, 6) is -1.31. The lowest BCUT2D eigenvalue weighted by molar-refractivity contribution is -0.132.